The molecule has 3 aromatic heterocycles. The lowest BCUT2D eigenvalue weighted by Gasteiger charge is -2.08. The van der Waals surface area contributed by atoms with E-state index in [0.29, 0.717) is 49.5 Å². The molecule has 140 valence electrons. The fourth-order valence-corrected chi connectivity index (χ4v) is 3.80. The lowest BCUT2D eigenvalue weighted by atomic mass is 10.5. The van der Waals surface area contributed by atoms with Crippen molar-refractivity contribution in [2.45, 2.75) is 20.4 Å². The molecule has 27 heavy (non-hydrogen) atoms. The Bertz CT molecular complexity index is 852. The van der Waals surface area contributed by atoms with Crippen LogP contribution in [-0.2, 0) is 4.74 Å². The molecular weight excluding hydrogens is 427 g/mol. The monoisotopic (exact) mass is 440 g/mol. The zero-order valence-corrected chi connectivity index (χ0v) is 17.2. The highest BCUT2D eigenvalue weighted by Crippen LogP contribution is 2.33. The molecule has 11 heteroatoms. The third-order valence-electron chi connectivity index (χ3n) is 3.01. The summed E-state index contributed by atoms with van der Waals surface area (Å²) in [6.45, 7) is 1.08. The van der Waals surface area contributed by atoms with Gasteiger partial charge in [0.2, 0.25) is 5.95 Å². The molecular formula is C16H14Cl2N6OS2. The van der Waals surface area contributed by atoms with Crippen LogP contribution in [0.1, 0.15) is 0 Å². The molecule has 0 bridgehead atoms. The van der Waals surface area contributed by atoms with Gasteiger partial charge >= 0.3 is 0 Å². The first kappa shape index (κ1) is 20.1. The van der Waals surface area contributed by atoms with Gasteiger partial charge in [-0.2, -0.15) is 15.0 Å². The Kier molecular flexibility index (Phi) is 7.48. The second-order valence-corrected chi connectivity index (χ2v) is 7.65. The zero-order chi connectivity index (χ0) is 19.1. The number of nitrogens with zero attached hydrogens (tertiary/aromatic N) is 5. The average Bonchev–Trinajstić information content (AvgIpc) is 2.66. The molecule has 0 radical (unpaired) electrons. The van der Waals surface area contributed by atoms with E-state index < -0.39 is 0 Å². The summed E-state index contributed by atoms with van der Waals surface area (Å²) < 4.78 is 5.05. The minimum atomic E-state index is 0.422. The molecule has 0 fully saturated rings. The second-order valence-electron chi connectivity index (χ2n) is 4.93. The van der Waals surface area contributed by atoms with Gasteiger partial charge in [0, 0.05) is 26.0 Å². The number of methoxy groups -OCH3 is 1. The molecule has 0 aliphatic heterocycles. The quantitative estimate of drug-likeness (QED) is 0.514. The highest BCUT2D eigenvalue weighted by Gasteiger charge is 2.13. The normalized spacial score (nSPS) is 10.8. The topological polar surface area (TPSA) is 85.7 Å². The van der Waals surface area contributed by atoms with E-state index in [1.54, 1.807) is 43.8 Å². The Morgan fingerprint density at radius 3 is 1.96 bits per heavy atom. The molecule has 0 unspecified atom stereocenters. The molecule has 0 saturated carbocycles. The molecule has 0 spiro atoms. The molecule has 7 nitrogen and oxygen atoms in total. The van der Waals surface area contributed by atoms with E-state index in [-0.39, 0.29) is 0 Å². The van der Waals surface area contributed by atoms with Crippen LogP contribution in [0.15, 0.2) is 57.0 Å². The number of rotatable bonds is 8. The summed E-state index contributed by atoms with van der Waals surface area (Å²) in [5.74, 6) is 0.422. The largest absolute Gasteiger partial charge is 0.383 e. The molecule has 0 aliphatic rings. The third kappa shape index (κ3) is 5.91. The second kappa shape index (κ2) is 10.0. The minimum Gasteiger partial charge on any atom is -0.383 e. The molecule has 3 heterocycles. The van der Waals surface area contributed by atoms with Crippen molar-refractivity contribution in [1.29, 1.82) is 0 Å². The van der Waals surface area contributed by atoms with E-state index in [4.69, 9.17) is 27.9 Å². The fourth-order valence-electron chi connectivity index (χ4n) is 1.84. The Labute approximate surface area is 174 Å². The standard InChI is InChI=1S/C16H14Cl2N6OS2/c1-25-9-8-21-14-22-15(26-12-10(17)4-2-6-19-12)24-16(23-14)27-13-11(18)5-3-7-20-13/h2-7H,8-9H2,1H3,(H,21,22,23,24). The lowest BCUT2D eigenvalue weighted by Crippen LogP contribution is -2.11. The summed E-state index contributed by atoms with van der Waals surface area (Å²) in [4.78, 5) is 21.8. The first-order valence-electron chi connectivity index (χ1n) is 7.71. The van der Waals surface area contributed by atoms with Gasteiger partial charge in [-0.25, -0.2) is 9.97 Å². The predicted molar refractivity (Wildman–Crippen MR) is 107 cm³/mol. The molecule has 0 aromatic carbocycles. The van der Waals surface area contributed by atoms with Crippen LogP contribution in [0.2, 0.25) is 10.0 Å². The van der Waals surface area contributed by atoms with Crippen LogP contribution in [0.4, 0.5) is 5.95 Å². The third-order valence-corrected chi connectivity index (χ3v) is 5.61. The van der Waals surface area contributed by atoms with Gasteiger partial charge in [0.1, 0.15) is 10.1 Å². The van der Waals surface area contributed by atoms with Gasteiger partial charge in [-0.3, -0.25) is 0 Å². The van der Waals surface area contributed by atoms with Crippen molar-refractivity contribution in [1.82, 2.24) is 24.9 Å². The van der Waals surface area contributed by atoms with Crippen molar-refractivity contribution in [2.75, 3.05) is 25.6 Å². The van der Waals surface area contributed by atoms with Crippen LogP contribution in [-0.4, -0.2) is 45.2 Å². The lowest BCUT2D eigenvalue weighted by molar-refractivity contribution is 0.210. The van der Waals surface area contributed by atoms with E-state index in [2.05, 4.69) is 30.2 Å². The number of hydrogen-bond donors (Lipinski definition) is 1. The van der Waals surface area contributed by atoms with Crippen LogP contribution in [0.5, 0.6) is 0 Å². The molecule has 0 aliphatic carbocycles. The molecule has 0 atom stereocenters. The molecule has 3 rings (SSSR count). The molecule has 1 N–H and O–H groups in total. The molecule has 3 aromatic rings. The first-order valence-corrected chi connectivity index (χ1v) is 10.1. The van der Waals surface area contributed by atoms with Crippen molar-refractivity contribution >= 4 is 52.7 Å². The predicted octanol–water partition coefficient (Wildman–Crippen LogP) is 4.33. The average molecular weight is 441 g/mol. The van der Waals surface area contributed by atoms with Crippen LogP contribution >= 0.6 is 46.7 Å². The zero-order valence-electron chi connectivity index (χ0n) is 14.1. The van der Waals surface area contributed by atoms with E-state index in [1.807, 2.05) is 0 Å². The Hall–Kier alpha value is -1.65. The number of pyridine rings is 2. The summed E-state index contributed by atoms with van der Waals surface area (Å²) in [5.41, 5.74) is 0. The van der Waals surface area contributed by atoms with Gasteiger partial charge in [0.15, 0.2) is 10.3 Å². The number of nitrogens with one attached hydrogen (secondary N) is 1. The maximum atomic E-state index is 6.19. The van der Waals surface area contributed by atoms with E-state index in [0.717, 1.165) is 0 Å². The van der Waals surface area contributed by atoms with Crippen molar-refractivity contribution < 1.29 is 4.74 Å². The summed E-state index contributed by atoms with van der Waals surface area (Å²) in [5, 5.41) is 6.30. The van der Waals surface area contributed by atoms with E-state index >= 15 is 0 Å². The summed E-state index contributed by atoms with van der Waals surface area (Å²) in [6.07, 6.45) is 3.33. The molecule has 0 saturated heterocycles. The summed E-state index contributed by atoms with van der Waals surface area (Å²) in [7, 11) is 1.63. The van der Waals surface area contributed by atoms with E-state index in [9.17, 15) is 0 Å². The van der Waals surface area contributed by atoms with Crippen molar-refractivity contribution in [3.05, 3.63) is 46.7 Å². The SMILES string of the molecule is COCCNc1nc(Sc2ncccc2Cl)nc(Sc2ncccc2Cl)n1. The Morgan fingerprint density at radius 2 is 1.48 bits per heavy atom. The van der Waals surface area contributed by atoms with Crippen LogP contribution < -0.4 is 5.32 Å². The van der Waals surface area contributed by atoms with Gasteiger partial charge in [0.25, 0.3) is 0 Å². The number of halogens is 2. The van der Waals surface area contributed by atoms with Gasteiger partial charge in [-0.15, -0.1) is 0 Å². The van der Waals surface area contributed by atoms with Crippen molar-refractivity contribution in [3.63, 3.8) is 0 Å². The van der Waals surface area contributed by atoms with Crippen molar-refractivity contribution in [3.8, 4) is 0 Å². The maximum absolute atomic E-state index is 6.19. The van der Waals surface area contributed by atoms with E-state index in [1.165, 1.54) is 23.5 Å². The van der Waals surface area contributed by atoms with Crippen LogP contribution in [0, 0.1) is 0 Å². The highest BCUT2D eigenvalue weighted by molar-refractivity contribution is 7.99. The smallest absolute Gasteiger partial charge is 0.227 e. The fraction of sp³-hybridized carbons (Fsp3) is 0.188. The van der Waals surface area contributed by atoms with Crippen LogP contribution in [0.3, 0.4) is 0 Å². The highest BCUT2D eigenvalue weighted by atomic mass is 35.5. The molecule has 0 amide bonds. The van der Waals surface area contributed by atoms with Gasteiger partial charge in [-0.05, 0) is 47.8 Å². The minimum absolute atomic E-state index is 0.422. The summed E-state index contributed by atoms with van der Waals surface area (Å²) in [6, 6.07) is 7.06. The maximum Gasteiger partial charge on any atom is 0.227 e. The van der Waals surface area contributed by atoms with Gasteiger partial charge in [-0.1, -0.05) is 23.2 Å². The van der Waals surface area contributed by atoms with Gasteiger partial charge in [0.05, 0.1) is 16.7 Å². The first-order chi connectivity index (χ1) is 13.2. The number of ether oxygens (including phenoxy) is 1. The summed E-state index contributed by atoms with van der Waals surface area (Å²) >= 11 is 14.9. The Balaban J connectivity index is 1.88. The Morgan fingerprint density at radius 1 is 0.926 bits per heavy atom. The van der Waals surface area contributed by atoms with Gasteiger partial charge < -0.3 is 10.1 Å². The number of aromatic nitrogens is 5. The number of hydrogen-bond acceptors (Lipinski definition) is 9. The number of anilines is 1. The van der Waals surface area contributed by atoms with Crippen molar-refractivity contribution in [2.24, 2.45) is 0 Å². The van der Waals surface area contributed by atoms with Crippen LogP contribution in [0.25, 0.3) is 0 Å².